The molecule has 0 aliphatic rings. The van der Waals surface area contributed by atoms with E-state index >= 15 is 0 Å². The van der Waals surface area contributed by atoms with E-state index in [9.17, 15) is 9.59 Å². The number of carbonyl (C=O) groups is 2. The van der Waals surface area contributed by atoms with Gasteiger partial charge in [-0.05, 0) is 17.0 Å². The molecule has 0 saturated heterocycles. The Balaban J connectivity index is 1.67. The molecule has 0 bridgehead atoms. The molecule has 0 unspecified atom stereocenters. The molecule has 7 nitrogen and oxygen atoms in total. The largest absolute Gasteiger partial charge is 0.370 e. The molecule has 2 heterocycles. The number of thioether (sulfide) groups is 1. The first-order chi connectivity index (χ1) is 13.5. The van der Waals surface area contributed by atoms with E-state index in [0.29, 0.717) is 24.1 Å². The van der Waals surface area contributed by atoms with Crippen LogP contribution in [-0.4, -0.2) is 44.3 Å². The highest BCUT2D eigenvalue weighted by Crippen LogP contribution is 2.27. The minimum Gasteiger partial charge on any atom is -0.370 e. The van der Waals surface area contributed by atoms with Crippen LogP contribution >= 0.6 is 23.1 Å². The van der Waals surface area contributed by atoms with Gasteiger partial charge in [0, 0.05) is 26.6 Å². The lowest BCUT2D eigenvalue weighted by molar-refractivity contribution is -0.127. The third kappa shape index (κ3) is 5.20. The molecular weight excluding hydrogens is 394 g/mol. The number of hydrogen-bond acceptors (Lipinski definition) is 6. The van der Waals surface area contributed by atoms with Gasteiger partial charge in [-0.1, -0.05) is 48.2 Å². The molecule has 3 rings (SSSR count). The lowest BCUT2D eigenvalue weighted by atomic mass is 10.2. The average Bonchev–Trinajstić information content (AvgIpc) is 3.34. The van der Waals surface area contributed by atoms with Gasteiger partial charge in [-0.15, -0.1) is 21.5 Å². The Morgan fingerprint density at radius 3 is 2.64 bits per heavy atom. The molecule has 146 valence electrons. The van der Waals surface area contributed by atoms with E-state index in [2.05, 4.69) is 10.2 Å². The third-order valence-corrected chi connectivity index (χ3v) is 5.87. The van der Waals surface area contributed by atoms with Gasteiger partial charge in [-0.25, -0.2) is 0 Å². The van der Waals surface area contributed by atoms with Gasteiger partial charge in [0.2, 0.25) is 11.8 Å². The molecule has 0 atom stereocenters. The molecule has 2 amide bonds. The van der Waals surface area contributed by atoms with Crippen molar-refractivity contribution in [3.63, 3.8) is 0 Å². The zero-order chi connectivity index (χ0) is 19.9. The van der Waals surface area contributed by atoms with E-state index in [0.717, 1.165) is 10.4 Å². The van der Waals surface area contributed by atoms with Crippen molar-refractivity contribution in [1.82, 2.24) is 19.7 Å². The second kappa shape index (κ2) is 9.52. The van der Waals surface area contributed by atoms with Crippen LogP contribution in [0.25, 0.3) is 10.7 Å². The Kier molecular flexibility index (Phi) is 6.83. The molecule has 2 aromatic heterocycles. The summed E-state index contributed by atoms with van der Waals surface area (Å²) in [5.74, 6) is 0.530. The highest BCUT2D eigenvalue weighted by atomic mass is 32.2. The summed E-state index contributed by atoms with van der Waals surface area (Å²) in [5.41, 5.74) is 6.38. The molecule has 2 N–H and O–H groups in total. The first-order valence-electron chi connectivity index (χ1n) is 8.70. The van der Waals surface area contributed by atoms with E-state index in [1.165, 1.54) is 11.8 Å². The minimum absolute atomic E-state index is 0.00372. The van der Waals surface area contributed by atoms with Crippen molar-refractivity contribution in [2.75, 3.05) is 12.8 Å². The standard InChI is InChI=1S/C19H21N5O2S2/c1-23(12-14-6-3-2-4-7-14)17(26)13-28-19-22-21-18(15-8-5-11-27-15)24(19)10-9-16(20)25/h2-8,11H,9-10,12-13H2,1H3,(H2,20,25). The highest BCUT2D eigenvalue weighted by molar-refractivity contribution is 7.99. The Morgan fingerprint density at radius 2 is 1.96 bits per heavy atom. The lowest BCUT2D eigenvalue weighted by Crippen LogP contribution is -2.27. The first-order valence-corrected chi connectivity index (χ1v) is 10.6. The maximum Gasteiger partial charge on any atom is 0.233 e. The summed E-state index contributed by atoms with van der Waals surface area (Å²) in [6.45, 7) is 0.932. The van der Waals surface area contributed by atoms with Crippen LogP contribution in [0.2, 0.25) is 0 Å². The SMILES string of the molecule is CN(Cc1ccccc1)C(=O)CSc1nnc(-c2cccs2)n1CCC(N)=O. The van der Waals surface area contributed by atoms with Crippen LogP contribution in [0, 0.1) is 0 Å². The molecule has 0 fully saturated rings. The number of aromatic nitrogens is 3. The van der Waals surface area contributed by atoms with Crippen LogP contribution in [0.3, 0.4) is 0 Å². The van der Waals surface area contributed by atoms with Gasteiger partial charge in [0.1, 0.15) is 0 Å². The Morgan fingerprint density at radius 1 is 1.18 bits per heavy atom. The number of benzene rings is 1. The van der Waals surface area contributed by atoms with Crippen LogP contribution in [-0.2, 0) is 22.7 Å². The fraction of sp³-hybridized carbons (Fsp3) is 0.263. The van der Waals surface area contributed by atoms with Gasteiger partial charge in [0.25, 0.3) is 0 Å². The molecule has 9 heteroatoms. The van der Waals surface area contributed by atoms with Crippen molar-refractivity contribution >= 4 is 34.9 Å². The smallest absolute Gasteiger partial charge is 0.233 e. The molecule has 0 spiro atoms. The second-order valence-electron chi connectivity index (χ2n) is 6.18. The normalized spacial score (nSPS) is 10.8. The molecule has 0 saturated carbocycles. The van der Waals surface area contributed by atoms with E-state index < -0.39 is 0 Å². The van der Waals surface area contributed by atoms with Gasteiger partial charge in [0.05, 0.1) is 10.6 Å². The van der Waals surface area contributed by atoms with Gasteiger partial charge in [-0.3, -0.25) is 9.59 Å². The van der Waals surface area contributed by atoms with Crippen LogP contribution in [0.15, 0.2) is 53.0 Å². The molecule has 1 aromatic carbocycles. The average molecular weight is 416 g/mol. The van der Waals surface area contributed by atoms with Gasteiger partial charge in [-0.2, -0.15) is 0 Å². The molecule has 0 aliphatic carbocycles. The topological polar surface area (TPSA) is 94.1 Å². The van der Waals surface area contributed by atoms with Crippen molar-refractivity contribution in [3.8, 4) is 10.7 Å². The maximum absolute atomic E-state index is 12.5. The summed E-state index contributed by atoms with van der Waals surface area (Å²) in [5, 5.41) is 11.0. The first kappa shape index (κ1) is 20.1. The van der Waals surface area contributed by atoms with Crippen LogP contribution in [0.4, 0.5) is 0 Å². The molecule has 0 aliphatic heterocycles. The van der Waals surface area contributed by atoms with E-state index in [1.807, 2.05) is 52.4 Å². The number of hydrogen-bond donors (Lipinski definition) is 1. The van der Waals surface area contributed by atoms with Gasteiger partial charge in [0.15, 0.2) is 11.0 Å². The Hall–Kier alpha value is -2.65. The summed E-state index contributed by atoms with van der Waals surface area (Å²) in [7, 11) is 1.78. The van der Waals surface area contributed by atoms with Gasteiger partial charge >= 0.3 is 0 Å². The summed E-state index contributed by atoms with van der Waals surface area (Å²) in [4.78, 5) is 26.4. The predicted molar refractivity (Wildman–Crippen MR) is 111 cm³/mol. The number of nitrogens with zero attached hydrogens (tertiary/aromatic N) is 4. The Bertz CT molecular complexity index is 925. The van der Waals surface area contributed by atoms with Crippen LogP contribution < -0.4 is 5.73 Å². The van der Waals surface area contributed by atoms with Crippen molar-refractivity contribution in [1.29, 1.82) is 0 Å². The minimum atomic E-state index is -0.388. The summed E-state index contributed by atoms with van der Waals surface area (Å²) < 4.78 is 1.85. The lowest BCUT2D eigenvalue weighted by Gasteiger charge is -2.17. The summed E-state index contributed by atoms with van der Waals surface area (Å²) in [6.07, 6.45) is 0.186. The zero-order valence-electron chi connectivity index (χ0n) is 15.4. The van der Waals surface area contributed by atoms with Crippen molar-refractivity contribution in [2.45, 2.75) is 24.7 Å². The quantitative estimate of drug-likeness (QED) is 0.542. The molecule has 28 heavy (non-hydrogen) atoms. The zero-order valence-corrected chi connectivity index (χ0v) is 17.1. The van der Waals surface area contributed by atoms with E-state index in [4.69, 9.17) is 5.73 Å². The number of thiophene rings is 1. The number of carbonyl (C=O) groups excluding carboxylic acids is 2. The van der Waals surface area contributed by atoms with E-state index in [1.54, 1.807) is 23.3 Å². The molecular formula is C19H21N5O2S2. The van der Waals surface area contributed by atoms with Crippen molar-refractivity contribution in [3.05, 3.63) is 53.4 Å². The predicted octanol–water partition coefficient (Wildman–Crippen LogP) is 2.63. The van der Waals surface area contributed by atoms with Crippen LogP contribution in [0.5, 0.6) is 0 Å². The summed E-state index contributed by atoms with van der Waals surface area (Å²) in [6, 6.07) is 13.7. The second-order valence-corrected chi connectivity index (χ2v) is 8.07. The van der Waals surface area contributed by atoms with E-state index in [-0.39, 0.29) is 24.0 Å². The van der Waals surface area contributed by atoms with Crippen molar-refractivity contribution in [2.24, 2.45) is 5.73 Å². The molecule has 3 aromatic rings. The fourth-order valence-corrected chi connectivity index (χ4v) is 4.21. The maximum atomic E-state index is 12.5. The number of nitrogens with two attached hydrogens (primary N) is 1. The fourth-order valence-electron chi connectivity index (χ4n) is 2.59. The molecule has 0 radical (unpaired) electrons. The Labute approximate surface area is 171 Å². The van der Waals surface area contributed by atoms with Gasteiger partial charge < -0.3 is 15.2 Å². The number of rotatable bonds is 9. The number of primary amides is 1. The third-order valence-electron chi connectivity index (χ3n) is 4.05. The van der Waals surface area contributed by atoms with Crippen LogP contribution in [0.1, 0.15) is 12.0 Å². The monoisotopic (exact) mass is 415 g/mol. The highest BCUT2D eigenvalue weighted by Gasteiger charge is 2.18. The summed E-state index contributed by atoms with van der Waals surface area (Å²) >= 11 is 2.86. The number of amides is 2. The van der Waals surface area contributed by atoms with Crippen molar-refractivity contribution < 1.29 is 9.59 Å².